The lowest BCUT2D eigenvalue weighted by atomic mass is 10.8. The molecule has 0 unspecified atom stereocenters. The number of rotatable bonds is 1. The number of halogens is 4. The van der Waals surface area contributed by atoms with Gasteiger partial charge in [0.1, 0.15) is 0 Å². The van der Waals surface area contributed by atoms with Crippen LogP contribution in [-0.2, 0) is 0 Å². The minimum absolute atomic E-state index is 0.880. The van der Waals surface area contributed by atoms with Crippen molar-refractivity contribution in [2.75, 3.05) is 0 Å². The maximum Gasteiger partial charge on any atom is 0.274 e. The number of hydrogen-bond donors (Lipinski definition) is 0. The van der Waals surface area contributed by atoms with Crippen LogP contribution in [0.2, 0.25) is 0 Å². The van der Waals surface area contributed by atoms with Crippen molar-refractivity contribution in [1.82, 2.24) is 0 Å². The lowest BCUT2D eigenvalue weighted by Gasteiger charge is -1.90. The molecule has 4 heteroatoms. The largest absolute Gasteiger partial charge is 0.274 e. The van der Waals surface area contributed by atoms with Crippen molar-refractivity contribution in [3.05, 3.63) is 4.84 Å². The van der Waals surface area contributed by atoms with Crippen molar-refractivity contribution < 1.29 is 8.78 Å². The topological polar surface area (TPSA) is 0 Å². The van der Waals surface area contributed by atoms with Crippen LogP contribution in [0.3, 0.4) is 0 Å². The Balaban J connectivity index is 2.99. The van der Waals surface area contributed by atoms with Gasteiger partial charge in [-0.2, -0.15) is 0 Å². The third kappa shape index (κ3) is 2.67. The second-order valence-corrected chi connectivity index (χ2v) is 1.60. The Labute approximate surface area is 44.0 Å². The van der Waals surface area contributed by atoms with Crippen LogP contribution < -0.4 is 0 Å². The minimum Gasteiger partial charge on any atom is -0.207 e. The highest BCUT2D eigenvalue weighted by atomic mass is 35.5. The zero-order valence-corrected chi connectivity index (χ0v) is 4.10. The SMILES string of the molecule is FC(F)[C](Cl)Cl. The quantitative estimate of drug-likeness (QED) is 0.515. The van der Waals surface area contributed by atoms with E-state index in [0.29, 0.717) is 0 Å². The maximum absolute atomic E-state index is 10.9. The third-order valence-electron chi connectivity index (χ3n) is 0.165. The fourth-order valence-corrected chi connectivity index (χ4v) is 0. The molecule has 1 radical (unpaired) electrons. The summed E-state index contributed by atoms with van der Waals surface area (Å²) in [5, 5.41) is 0. The molecule has 0 aromatic carbocycles. The number of alkyl halides is 2. The Kier molecular flexibility index (Phi) is 2.78. The van der Waals surface area contributed by atoms with Crippen molar-refractivity contribution in [3.8, 4) is 0 Å². The lowest BCUT2D eigenvalue weighted by molar-refractivity contribution is 0.189. The Morgan fingerprint density at radius 2 is 1.50 bits per heavy atom. The van der Waals surface area contributed by atoms with Gasteiger partial charge in [0.2, 0.25) is 4.84 Å². The van der Waals surface area contributed by atoms with E-state index in [1.54, 1.807) is 0 Å². The second-order valence-electron chi connectivity index (χ2n) is 0.590. The molecule has 0 nitrogen and oxygen atoms in total. The van der Waals surface area contributed by atoms with Crippen molar-refractivity contribution in [2.24, 2.45) is 0 Å². The molecule has 0 aromatic rings. The second kappa shape index (κ2) is 2.59. The molecule has 0 saturated heterocycles. The highest BCUT2D eigenvalue weighted by Gasteiger charge is 2.13. The van der Waals surface area contributed by atoms with Crippen LogP contribution in [0, 0.1) is 4.84 Å². The molecule has 0 atom stereocenters. The summed E-state index contributed by atoms with van der Waals surface area (Å²) < 4.78 is 21.7. The summed E-state index contributed by atoms with van der Waals surface area (Å²) in [6.07, 6.45) is -2.70. The molecule has 0 amide bonds. The zero-order chi connectivity index (χ0) is 5.15. The van der Waals surface area contributed by atoms with Gasteiger partial charge in [-0.05, 0) is 0 Å². The summed E-state index contributed by atoms with van der Waals surface area (Å²) >= 11 is 9.09. The van der Waals surface area contributed by atoms with E-state index in [-0.39, 0.29) is 0 Å². The molecule has 0 aliphatic rings. The van der Waals surface area contributed by atoms with E-state index in [1.807, 2.05) is 0 Å². The predicted octanol–water partition coefficient (Wildman–Crippen LogP) is 2.22. The van der Waals surface area contributed by atoms with E-state index < -0.39 is 11.3 Å². The van der Waals surface area contributed by atoms with Crippen LogP contribution in [0.15, 0.2) is 0 Å². The molecule has 0 N–H and O–H groups in total. The van der Waals surface area contributed by atoms with E-state index in [2.05, 4.69) is 23.2 Å². The summed E-state index contributed by atoms with van der Waals surface area (Å²) in [6, 6.07) is 0. The molecule has 0 bridgehead atoms. The van der Waals surface area contributed by atoms with E-state index in [9.17, 15) is 8.78 Å². The molecule has 0 rings (SSSR count). The van der Waals surface area contributed by atoms with Gasteiger partial charge in [0.05, 0.1) is 0 Å². The summed E-state index contributed by atoms with van der Waals surface area (Å²) in [7, 11) is 0. The monoisotopic (exact) mass is 133 g/mol. The molecule has 0 aliphatic heterocycles. The van der Waals surface area contributed by atoms with E-state index >= 15 is 0 Å². The first-order valence-corrected chi connectivity index (χ1v) is 1.86. The molecule has 0 fully saturated rings. The summed E-state index contributed by atoms with van der Waals surface area (Å²) in [6.45, 7) is 0. The molecule has 0 spiro atoms. The highest BCUT2D eigenvalue weighted by molar-refractivity contribution is 6.52. The molecule has 37 valence electrons. The van der Waals surface area contributed by atoms with Gasteiger partial charge in [0.15, 0.2) is 0 Å². The van der Waals surface area contributed by atoms with Crippen molar-refractivity contribution in [2.45, 2.75) is 6.43 Å². The Hall–Kier alpha value is 0.440. The smallest absolute Gasteiger partial charge is 0.207 e. The van der Waals surface area contributed by atoms with Gasteiger partial charge in [-0.15, -0.1) is 0 Å². The molecular weight excluding hydrogens is 133 g/mol. The Morgan fingerprint density at radius 3 is 1.50 bits per heavy atom. The molecular formula is C2HCl2F2. The fraction of sp³-hybridized carbons (Fsp3) is 0.500. The van der Waals surface area contributed by atoms with Crippen LogP contribution in [-0.4, -0.2) is 6.43 Å². The van der Waals surface area contributed by atoms with Crippen molar-refractivity contribution >= 4 is 23.2 Å². The van der Waals surface area contributed by atoms with Gasteiger partial charge in [-0.25, -0.2) is 8.78 Å². The van der Waals surface area contributed by atoms with Gasteiger partial charge in [-0.3, -0.25) is 0 Å². The average Bonchev–Trinajstić information content (AvgIpc) is 1.36. The lowest BCUT2D eigenvalue weighted by Crippen LogP contribution is -1.90. The van der Waals surface area contributed by atoms with E-state index in [0.717, 1.165) is 0 Å². The third-order valence-corrected chi connectivity index (χ3v) is 0.495. The first-order valence-electron chi connectivity index (χ1n) is 1.10. The van der Waals surface area contributed by atoms with Gasteiger partial charge < -0.3 is 0 Å². The van der Waals surface area contributed by atoms with E-state index in [4.69, 9.17) is 0 Å². The first kappa shape index (κ1) is 6.44. The summed E-state index contributed by atoms with van der Waals surface area (Å²) in [5.41, 5.74) is 0. The molecule has 6 heavy (non-hydrogen) atoms. The van der Waals surface area contributed by atoms with Gasteiger partial charge in [-0.1, -0.05) is 23.2 Å². The van der Waals surface area contributed by atoms with Crippen molar-refractivity contribution in [1.29, 1.82) is 0 Å². The molecule has 0 aromatic heterocycles. The van der Waals surface area contributed by atoms with Crippen LogP contribution in [0.4, 0.5) is 8.78 Å². The Morgan fingerprint density at radius 1 is 1.33 bits per heavy atom. The van der Waals surface area contributed by atoms with Gasteiger partial charge in [0, 0.05) is 0 Å². The highest BCUT2D eigenvalue weighted by Crippen LogP contribution is 2.20. The van der Waals surface area contributed by atoms with Crippen molar-refractivity contribution in [3.63, 3.8) is 0 Å². The zero-order valence-electron chi connectivity index (χ0n) is 2.59. The standard InChI is InChI=1S/C2HCl2F2/c3-1(4)2(5)6/h2H. The van der Waals surface area contributed by atoms with Crippen LogP contribution in [0.1, 0.15) is 0 Å². The van der Waals surface area contributed by atoms with E-state index in [1.165, 1.54) is 0 Å². The fourth-order valence-electron chi connectivity index (χ4n) is 0. The van der Waals surface area contributed by atoms with Gasteiger partial charge in [0.25, 0.3) is 6.43 Å². The first-order chi connectivity index (χ1) is 2.64. The maximum atomic E-state index is 10.9. The summed E-state index contributed by atoms with van der Waals surface area (Å²) in [5.74, 6) is 0. The minimum atomic E-state index is -2.70. The molecule has 0 saturated carbocycles. The van der Waals surface area contributed by atoms with Crippen LogP contribution in [0.25, 0.3) is 0 Å². The van der Waals surface area contributed by atoms with Gasteiger partial charge >= 0.3 is 0 Å². The summed E-state index contributed by atoms with van der Waals surface area (Å²) in [4.78, 5) is -0.880. The van der Waals surface area contributed by atoms with Crippen LogP contribution >= 0.6 is 23.2 Å². The predicted molar refractivity (Wildman–Crippen MR) is 21.0 cm³/mol. The van der Waals surface area contributed by atoms with Crippen LogP contribution in [0.5, 0.6) is 0 Å². The molecule has 0 aliphatic carbocycles. The number of hydrogen-bond acceptors (Lipinski definition) is 0. The normalized spacial score (nSPS) is 11.0. The Bertz CT molecular complexity index is 30.5. The average molecular weight is 134 g/mol. The molecule has 0 heterocycles.